The number of nitrogens with two attached hydrogens (primary N) is 2. The Morgan fingerprint density at radius 3 is 2.68 bits per heavy atom. The average Bonchev–Trinajstić information content (AvgIpc) is 3.22. The van der Waals surface area contributed by atoms with Crippen LogP contribution in [-0.4, -0.2) is 14.5 Å². The lowest BCUT2D eigenvalue weighted by atomic mass is 10.1. The van der Waals surface area contributed by atoms with E-state index in [0.29, 0.717) is 23.9 Å². The van der Waals surface area contributed by atoms with E-state index in [1.54, 1.807) is 6.07 Å². The standard InChI is InChI=1S/C21H19N5O2/c1-12-18-17(10-27-12)26(20-19(18)24-11-25-21(20)23)14-5-7-15(8-6-14)28-16-4-2-3-13(22)9-16/h2-9,11-12H,10,22H2,1H3,(H2,23,24,25). The van der Waals surface area contributed by atoms with E-state index in [1.807, 2.05) is 49.4 Å². The molecule has 0 aliphatic carbocycles. The average molecular weight is 373 g/mol. The van der Waals surface area contributed by atoms with E-state index in [-0.39, 0.29) is 6.10 Å². The van der Waals surface area contributed by atoms with Crippen molar-refractivity contribution in [3.05, 3.63) is 66.1 Å². The minimum absolute atomic E-state index is 0.0285. The number of fused-ring (bicyclic) bond motifs is 3. The molecule has 0 bridgehead atoms. The van der Waals surface area contributed by atoms with E-state index in [2.05, 4.69) is 14.5 Å². The fraction of sp³-hybridized carbons (Fsp3) is 0.143. The molecule has 0 spiro atoms. The van der Waals surface area contributed by atoms with Crippen LogP contribution in [0.1, 0.15) is 24.3 Å². The summed E-state index contributed by atoms with van der Waals surface area (Å²) in [6.45, 7) is 2.53. The first-order valence-electron chi connectivity index (χ1n) is 9.01. The number of nitrogen functional groups attached to an aromatic ring is 2. The highest BCUT2D eigenvalue weighted by Crippen LogP contribution is 2.40. The number of anilines is 2. The number of hydrogen-bond acceptors (Lipinski definition) is 6. The molecule has 1 aliphatic heterocycles. The van der Waals surface area contributed by atoms with Gasteiger partial charge in [-0.3, -0.25) is 0 Å². The SMILES string of the molecule is CC1OCc2c1c1ncnc(N)c1n2-c1ccc(Oc2cccc(N)c2)cc1. The summed E-state index contributed by atoms with van der Waals surface area (Å²) < 4.78 is 13.8. The molecule has 1 unspecified atom stereocenters. The first-order chi connectivity index (χ1) is 13.6. The van der Waals surface area contributed by atoms with E-state index in [4.69, 9.17) is 20.9 Å². The maximum absolute atomic E-state index is 6.20. The van der Waals surface area contributed by atoms with Crippen LogP contribution in [0.5, 0.6) is 11.5 Å². The van der Waals surface area contributed by atoms with E-state index >= 15 is 0 Å². The predicted octanol–water partition coefficient (Wildman–Crippen LogP) is 3.97. The number of hydrogen-bond donors (Lipinski definition) is 2. The second kappa shape index (κ2) is 6.24. The number of rotatable bonds is 3. The lowest BCUT2D eigenvalue weighted by Crippen LogP contribution is -2.03. The molecule has 4 N–H and O–H groups in total. The van der Waals surface area contributed by atoms with Gasteiger partial charge in [-0.2, -0.15) is 0 Å². The molecule has 0 radical (unpaired) electrons. The molecule has 0 amide bonds. The third kappa shape index (κ3) is 2.56. The van der Waals surface area contributed by atoms with Crippen LogP contribution in [0.15, 0.2) is 54.9 Å². The van der Waals surface area contributed by atoms with Crippen molar-refractivity contribution in [3.63, 3.8) is 0 Å². The number of nitrogens with zero attached hydrogens (tertiary/aromatic N) is 3. The van der Waals surface area contributed by atoms with Crippen molar-refractivity contribution < 1.29 is 9.47 Å². The largest absolute Gasteiger partial charge is 0.457 e. The van der Waals surface area contributed by atoms with Crippen molar-refractivity contribution in [2.24, 2.45) is 0 Å². The van der Waals surface area contributed by atoms with Crippen LogP contribution in [0.25, 0.3) is 16.7 Å². The molecule has 2 aromatic heterocycles. The Labute approximate surface area is 161 Å². The van der Waals surface area contributed by atoms with Crippen LogP contribution in [0.3, 0.4) is 0 Å². The summed E-state index contributed by atoms with van der Waals surface area (Å²) in [4.78, 5) is 8.64. The molecular weight excluding hydrogens is 354 g/mol. The van der Waals surface area contributed by atoms with E-state index in [9.17, 15) is 0 Å². The number of ether oxygens (including phenoxy) is 2. The fourth-order valence-electron chi connectivity index (χ4n) is 3.72. The van der Waals surface area contributed by atoms with E-state index < -0.39 is 0 Å². The van der Waals surface area contributed by atoms with Gasteiger partial charge in [0.15, 0.2) is 5.82 Å². The van der Waals surface area contributed by atoms with Gasteiger partial charge in [-0.15, -0.1) is 0 Å². The van der Waals surface area contributed by atoms with Gasteiger partial charge in [0.05, 0.1) is 18.4 Å². The molecule has 2 aromatic carbocycles. The summed E-state index contributed by atoms with van der Waals surface area (Å²) in [6, 6.07) is 15.1. The molecule has 0 saturated carbocycles. The van der Waals surface area contributed by atoms with Gasteiger partial charge in [-0.1, -0.05) is 6.07 Å². The van der Waals surface area contributed by atoms with Gasteiger partial charge < -0.3 is 25.5 Å². The van der Waals surface area contributed by atoms with Crippen LogP contribution < -0.4 is 16.2 Å². The van der Waals surface area contributed by atoms with Gasteiger partial charge in [0.1, 0.15) is 28.9 Å². The number of benzene rings is 2. The molecule has 1 aliphatic rings. The Hall–Kier alpha value is -3.58. The van der Waals surface area contributed by atoms with Crippen LogP contribution >= 0.6 is 0 Å². The molecule has 0 fully saturated rings. The molecule has 7 nitrogen and oxygen atoms in total. The molecule has 5 rings (SSSR count). The monoisotopic (exact) mass is 373 g/mol. The zero-order chi connectivity index (χ0) is 19.3. The van der Waals surface area contributed by atoms with Crippen LogP contribution in [0.4, 0.5) is 11.5 Å². The van der Waals surface area contributed by atoms with Crippen molar-refractivity contribution in [2.45, 2.75) is 19.6 Å². The lowest BCUT2D eigenvalue weighted by Gasteiger charge is -2.12. The zero-order valence-corrected chi connectivity index (χ0v) is 15.3. The third-order valence-electron chi connectivity index (χ3n) is 4.98. The second-order valence-corrected chi connectivity index (χ2v) is 6.77. The van der Waals surface area contributed by atoms with Gasteiger partial charge in [0.25, 0.3) is 0 Å². The third-order valence-corrected chi connectivity index (χ3v) is 4.98. The lowest BCUT2D eigenvalue weighted by molar-refractivity contribution is 0.0783. The van der Waals surface area contributed by atoms with Crippen molar-refractivity contribution in [1.82, 2.24) is 14.5 Å². The highest BCUT2D eigenvalue weighted by molar-refractivity contribution is 5.91. The van der Waals surface area contributed by atoms with Crippen molar-refractivity contribution in [2.75, 3.05) is 11.5 Å². The zero-order valence-electron chi connectivity index (χ0n) is 15.3. The topological polar surface area (TPSA) is 101 Å². The molecule has 0 saturated heterocycles. The minimum Gasteiger partial charge on any atom is -0.457 e. The van der Waals surface area contributed by atoms with Gasteiger partial charge in [0, 0.05) is 23.0 Å². The Bertz CT molecular complexity index is 1180. The summed E-state index contributed by atoms with van der Waals surface area (Å²) in [5.74, 6) is 1.86. The first-order valence-corrected chi connectivity index (χ1v) is 9.01. The maximum atomic E-state index is 6.20. The van der Waals surface area contributed by atoms with E-state index in [0.717, 1.165) is 33.7 Å². The summed E-state index contributed by atoms with van der Waals surface area (Å²) >= 11 is 0. The molecule has 1 atom stereocenters. The van der Waals surface area contributed by atoms with Crippen molar-refractivity contribution >= 4 is 22.5 Å². The Morgan fingerprint density at radius 2 is 1.89 bits per heavy atom. The maximum Gasteiger partial charge on any atom is 0.151 e. The summed E-state index contributed by atoms with van der Waals surface area (Å²) in [6.07, 6.45) is 1.47. The number of aromatic nitrogens is 3. The highest BCUT2D eigenvalue weighted by Gasteiger charge is 2.30. The molecule has 4 aromatic rings. The minimum atomic E-state index is -0.0285. The smallest absolute Gasteiger partial charge is 0.151 e. The second-order valence-electron chi connectivity index (χ2n) is 6.77. The fourth-order valence-corrected chi connectivity index (χ4v) is 3.72. The molecular formula is C21H19N5O2. The first kappa shape index (κ1) is 16.6. The predicted molar refractivity (Wildman–Crippen MR) is 107 cm³/mol. The molecule has 28 heavy (non-hydrogen) atoms. The van der Waals surface area contributed by atoms with Crippen LogP contribution in [-0.2, 0) is 11.3 Å². The van der Waals surface area contributed by atoms with E-state index in [1.165, 1.54) is 6.33 Å². The molecule has 7 heteroatoms. The molecule has 3 heterocycles. The molecule has 140 valence electrons. The summed E-state index contributed by atoms with van der Waals surface area (Å²) in [5.41, 5.74) is 17.4. The Balaban J connectivity index is 1.58. The van der Waals surface area contributed by atoms with Gasteiger partial charge >= 0.3 is 0 Å². The quantitative estimate of drug-likeness (QED) is 0.527. The van der Waals surface area contributed by atoms with Gasteiger partial charge in [0.2, 0.25) is 0 Å². The Kier molecular flexibility index (Phi) is 3.70. The van der Waals surface area contributed by atoms with Gasteiger partial charge in [-0.05, 0) is 43.3 Å². The normalized spacial score (nSPS) is 15.7. The van der Waals surface area contributed by atoms with Crippen molar-refractivity contribution in [3.8, 4) is 17.2 Å². The van der Waals surface area contributed by atoms with Crippen LogP contribution in [0, 0.1) is 0 Å². The van der Waals surface area contributed by atoms with Crippen molar-refractivity contribution in [1.29, 1.82) is 0 Å². The van der Waals surface area contributed by atoms with Gasteiger partial charge in [-0.25, -0.2) is 9.97 Å². The summed E-state index contributed by atoms with van der Waals surface area (Å²) in [7, 11) is 0. The Morgan fingerprint density at radius 1 is 1.07 bits per heavy atom. The van der Waals surface area contributed by atoms with Crippen LogP contribution in [0.2, 0.25) is 0 Å². The highest BCUT2D eigenvalue weighted by atomic mass is 16.5. The summed E-state index contributed by atoms with van der Waals surface area (Å²) in [5, 5.41) is 0.